The first-order valence-corrected chi connectivity index (χ1v) is 6.58. The van der Waals surface area contributed by atoms with Gasteiger partial charge in [0.1, 0.15) is 16.5 Å². The van der Waals surface area contributed by atoms with E-state index in [1.165, 1.54) is 0 Å². The molecule has 0 amide bonds. The molecule has 1 aromatic carbocycles. The average Bonchev–Trinajstić information content (AvgIpc) is 2.92. The molecule has 0 bridgehead atoms. The summed E-state index contributed by atoms with van der Waals surface area (Å²) in [6.45, 7) is 0. The standard InChI is InChI=1S/C13H13NO3S/c1-16-8-2-3-11-9(6-8)10(15)7-12(17-11)13-14-4-5-18-13/h2-6,10,12,15H,7H2,1H3/t10-,12?/m1/s1. The number of thiazole rings is 1. The van der Waals surface area contributed by atoms with E-state index in [9.17, 15) is 5.11 Å². The lowest BCUT2D eigenvalue weighted by Gasteiger charge is -2.28. The van der Waals surface area contributed by atoms with Crippen LogP contribution in [0, 0.1) is 0 Å². The quantitative estimate of drug-likeness (QED) is 0.905. The predicted octanol–water partition coefficient (Wildman–Crippen LogP) is 2.71. The van der Waals surface area contributed by atoms with Gasteiger partial charge in [0.2, 0.25) is 0 Å². The largest absolute Gasteiger partial charge is 0.497 e. The van der Waals surface area contributed by atoms with E-state index < -0.39 is 6.10 Å². The van der Waals surface area contributed by atoms with E-state index >= 15 is 0 Å². The third-order valence-electron chi connectivity index (χ3n) is 3.01. The number of aliphatic hydroxyl groups excluding tert-OH is 1. The van der Waals surface area contributed by atoms with Gasteiger partial charge in [-0.05, 0) is 18.2 Å². The maximum atomic E-state index is 10.2. The van der Waals surface area contributed by atoms with Gasteiger partial charge in [0.25, 0.3) is 0 Å². The molecule has 1 aliphatic heterocycles. The molecule has 0 saturated carbocycles. The van der Waals surface area contributed by atoms with E-state index in [1.807, 2.05) is 23.6 Å². The molecule has 3 rings (SSSR count). The molecule has 0 aliphatic carbocycles. The van der Waals surface area contributed by atoms with Crippen LogP contribution in [-0.4, -0.2) is 17.2 Å². The molecule has 1 aliphatic rings. The van der Waals surface area contributed by atoms with Gasteiger partial charge in [-0.3, -0.25) is 0 Å². The van der Waals surface area contributed by atoms with E-state index in [4.69, 9.17) is 9.47 Å². The summed E-state index contributed by atoms with van der Waals surface area (Å²) in [4.78, 5) is 4.24. The van der Waals surface area contributed by atoms with Crippen molar-refractivity contribution in [2.75, 3.05) is 7.11 Å². The average molecular weight is 263 g/mol. The number of rotatable bonds is 2. The van der Waals surface area contributed by atoms with Gasteiger partial charge in [-0.1, -0.05) is 0 Å². The van der Waals surface area contributed by atoms with Crippen molar-refractivity contribution in [2.24, 2.45) is 0 Å². The second-order valence-corrected chi connectivity index (χ2v) is 5.06. The number of benzene rings is 1. The summed E-state index contributed by atoms with van der Waals surface area (Å²) in [5.74, 6) is 1.43. The predicted molar refractivity (Wildman–Crippen MR) is 68.1 cm³/mol. The maximum Gasteiger partial charge on any atom is 0.153 e. The molecule has 0 fully saturated rings. The monoisotopic (exact) mass is 263 g/mol. The molecule has 94 valence electrons. The van der Waals surface area contributed by atoms with Crippen molar-refractivity contribution in [3.8, 4) is 11.5 Å². The van der Waals surface area contributed by atoms with Crippen LogP contribution in [0.25, 0.3) is 0 Å². The number of aliphatic hydroxyl groups is 1. The van der Waals surface area contributed by atoms with E-state index in [0.29, 0.717) is 12.2 Å². The van der Waals surface area contributed by atoms with Crippen LogP contribution >= 0.6 is 11.3 Å². The van der Waals surface area contributed by atoms with E-state index in [0.717, 1.165) is 16.3 Å². The number of nitrogens with zero attached hydrogens (tertiary/aromatic N) is 1. The second kappa shape index (κ2) is 4.59. The van der Waals surface area contributed by atoms with Gasteiger partial charge in [-0.25, -0.2) is 4.98 Å². The third-order valence-corrected chi connectivity index (χ3v) is 3.88. The maximum absolute atomic E-state index is 10.2. The number of hydrogen-bond acceptors (Lipinski definition) is 5. The molecule has 0 saturated heterocycles. The van der Waals surface area contributed by atoms with Crippen LogP contribution in [0.1, 0.15) is 29.2 Å². The fourth-order valence-electron chi connectivity index (χ4n) is 2.10. The SMILES string of the molecule is COc1ccc2c(c1)[C@H](O)CC(c1nccs1)O2. The Labute approximate surface area is 109 Å². The molecule has 4 nitrogen and oxygen atoms in total. The summed E-state index contributed by atoms with van der Waals surface area (Å²) >= 11 is 1.54. The molecular weight excluding hydrogens is 250 g/mol. The molecule has 5 heteroatoms. The van der Waals surface area contributed by atoms with Crippen LogP contribution in [0.3, 0.4) is 0 Å². The number of aromatic nitrogens is 1. The Morgan fingerprint density at radius 1 is 1.50 bits per heavy atom. The van der Waals surface area contributed by atoms with E-state index in [1.54, 1.807) is 24.6 Å². The molecule has 18 heavy (non-hydrogen) atoms. The lowest BCUT2D eigenvalue weighted by molar-refractivity contribution is 0.0653. The van der Waals surface area contributed by atoms with Gasteiger partial charge in [-0.2, -0.15) is 0 Å². The molecule has 1 unspecified atom stereocenters. The first-order chi connectivity index (χ1) is 8.78. The smallest absolute Gasteiger partial charge is 0.153 e. The fourth-order valence-corrected chi connectivity index (χ4v) is 2.78. The van der Waals surface area contributed by atoms with Crippen molar-refractivity contribution >= 4 is 11.3 Å². The first kappa shape index (κ1) is 11.5. The summed E-state index contributed by atoms with van der Waals surface area (Å²) in [5, 5.41) is 13.0. The molecule has 1 aromatic heterocycles. The number of ether oxygens (including phenoxy) is 2. The molecule has 0 radical (unpaired) electrons. The van der Waals surface area contributed by atoms with E-state index in [2.05, 4.69) is 4.98 Å². The minimum absolute atomic E-state index is 0.166. The van der Waals surface area contributed by atoms with Gasteiger partial charge >= 0.3 is 0 Å². The molecule has 1 N–H and O–H groups in total. The molecule has 2 atom stereocenters. The second-order valence-electron chi connectivity index (χ2n) is 4.13. The van der Waals surface area contributed by atoms with Crippen LogP contribution in [0.15, 0.2) is 29.8 Å². The molecule has 0 spiro atoms. The summed E-state index contributed by atoms with van der Waals surface area (Å²) < 4.78 is 11.0. The Morgan fingerprint density at radius 2 is 2.39 bits per heavy atom. The highest BCUT2D eigenvalue weighted by atomic mass is 32.1. The van der Waals surface area contributed by atoms with Crippen molar-refractivity contribution in [3.63, 3.8) is 0 Å². The number of methoxy groups -OCH3 is 1. The van der Waals surface area contributed by atoms with Crippen LogP contribution in [0.2, 0.25) is 0 Å². The number of fused-ring (bicyclic) bond motifs is 1. The minimum Gasteiger partial charge on any atom is -0.497 e. The zero-order valence-electron chi connectivity index (χ0n) is 9.87. The highest BCUT2D eigenvalue weighted by Crippen LogP contribution is 2.42. The van der Waals surface area contributed by atoms with E-state index in [-0.39, 0.29) is 6.10 Å². The first-order valence-electron chi connectivity index (χ1n) is 5.70. The van der Waals surface area contributed by atoms with Gasteiger partial charge in [0, 0.05) is 23.6 Å². The third kappa shape index (κ3) is 1.95. The van der Waals surface area contributed by atoms with Crippen molar-refractivity contribution < 1.29 is 14.6 Å². The highest BCUT2D eigenvalue weighted by Gasteiger charge is 2.29. The van der Waals surface area contributed by atoms with Crippen molar-refractivity contribution in [3.05, 3.63) is 40.3 Å². The number of hydrogen-bond donors (Lipinski definition) is 1. The van der Waals surface area contributed by atoms with Crippen LogP contribution in [0.5, 0.6) is 11.5 Å². The highest BCUT2D eigenvalue weighted by molar-refractivity contribution is 7.09. The minimum atomic E-state index is -0.544. The van der Waals surface area contributed by atoms with Crippen LogP contribution in [0.4, 0.5) is 0 Å². The summed E-state index contributed by atoms with van der Waals surface area (Å²) in [6, 6.07) is 5.48. The Kier molecular flexibility index (Phi) is 2.93. The normalized spacial score (nSPS) is 22.1. The van der Waals surface area contributed by atoms with Crippen LogP contribution < -0.4 is 9.47 Å². The topological polar surface area (TPSA) is 51.6 Å². The van der Waals surface area contributed by atoms with Gasteiger partial charge in [0.15, 0.2) is 6.10 Å². The zero-order chi connectivity index (χ0) is 12.5. The summed E-state index contributed by atoms with van der Waals surface area (Å²) in [5.41, 5.74) is 0.780. The molecular formula is C13H13NO3S. The van der Waals surface area contributed by atoms with Gasteiger partial charge < -0.3 is 14.6 Å². The van der Waals surface area contributed by atoms with Crippen molar-refractivity contribution in [1.29, 1.82) is 0 Å². The van der Waals surface area contributed by atoms with Crippen LogP contribution in [-0.2, 0) is 0 Å². The summed E-state index contributed by atoms with van der Waals surface area (Å²) in [7, 11) is 1.61. The van der Waals surface area contributed by atoms with Gasteiger partial charge in [-0.15, -0.1) is 11.3 Å². The van der Waals surface area contributed by atoms with Crippen molar-refractivity contribution in [1.82, 2.24) is 4.98 Å². The van der Waals surface area contributed by atoms with Crippen molar-refractivity contribution in [2.45, 2.75) is 18.6 Å². The Morgan fingerprint density at radius 3 is 3.11 bits per heavy atom. The van der Waals surface area contributed by atoms with Gasteiger partial charge in [0.05, 0.1) is 13.2 Å². The Bertz CT molecular complexity index is 541. The molecule has 2 heterocycles. The Hall–Kier alpha value is -1.59. The zero-order valence-corrected chi connectivity index (χ0v) is 10.7. The molecule has 2 aromatic rings. The lowest BCUT2D eigenvalue weighted by Crippen LogP contribution is -2.18. The summed E-state index contributed by atoms with van der Waals surface area (Å²) in [6.07, 6.45) is 1.56. The Balaban J connectivity index is 1.93. The lowest BCUT2D eigenvalue weighted by atomic mass is 9.99. The fraction of sp³-hybridized carbons (Fsp3) is 0.308.